The lowest BCUT2D eigenvalue weighted by Gasteiger charge is -2.34. The molecule has 0 saturated carbocycles. The van der Waals surface area contributed by atoms with Gasteiger partial charge in [0.1, 0.15) is 18.0 Å². The van der Waals surface area contributed by atoms with Crippen molar-refractivity contribution in [3.05, 3.63) is 48.1 Å². The van der Waals surface area contributed by atoms with Crippen LogP contribution in [0.1, 0.15) is 31.2 Å². The monoisotopic (exact) mass is 434 g/mol. The van der Waals surface area contributed by atoms with Crippen molar-refractivity contribution >= 4 is 33.9 Å². The summed E-state index contributed by atoms with van der Waals surface area (Å²) in [5.41, 5.74) is 3.92. The van der Waals surface area contributed by atoms with E-state index in [1.165, 1.54) is 6.33 Å². The Morgan fingerprint density at radius 1 is 1.09 bits per heavy atom. The summed E-state index contributed by atoms with van der Waals surface area (Å²) in [6.07, 6.45) is 7.31. The van der Waals surface area contributed by atoms with Crippen LogP contribution in [-0.2, 0) is 0 Å². The topological polar surface area (TPSA) is 83.3 Å². The number of hydrogen-bond donors (Lipinski definition) is 2. The first-order valence-electron chi connectivity index (χ1n) is 11.0. The minimum atomic E-state index is -0.341. The zero-order valence-corrected chi connectivity index (χ0v) is 18.6. The van der Waals surface area contributed by atoms with E-state index in [1.807, 2.05) is 36.7 Å². The molecule has 166 valence electrons. The number of piperidine rings is 1. The normalized spacial score (nSPS) is 15.1. The Hall–Kier alpha value is -3.33. The second-order valence-corrected chi connectivity index (χ2v) is 8.31. The number of imidazole rings is 1. The van der Waals surface area contributed by atoms with Gasteiger partial charge in [0.15, 0.2) is 11.5 Å². The molecule has 4 aromatic rings. The Labute approximate surface area is 185 Å². The van der Waals surface area contributed by atoms with Gasteiger partial charge in [0, 0.05) is 31.0 Å². The molecule has 0 aliphatic carbocycles. The molecule has 1 aromatic carbocycles. The number of nitrogens with one attached hydrogen (secondary N) is 2. The van der Waals surface area contributed by atoms with Crippen LogP contribution in [0.3, 0.4) is 0 Å². The first kappa shape index (κ1) is 20.6. The number of hydrogen-bond acceptors (Lipinski definition) is 7. The van der Waals surface area contributed by atoms with Crippen LogP contribution in [0.2, 0.25) is 0 Å². The lowest BCUT2D eigenvalue weighted by Crippen LogP contribution is -2.42. The maximum atomic E-state index is 15.3. The number of aryl methyl sites for hydroxylation is 2. The molecule has 0 amide bonds. The summed E-state index contributed by atoms with van der Waals surface area (Å²) in [5.74, 6) is 0.636. The predicted molar refractivity (Wildman–Crippen MR) is 124 cm³/mol. The molecule has 1 aliphatic rings. The van der Waals surface area contributed by atoms with Crippen molar-refractivity contribution in [3.63, 3.8) is 0 Å². The summed E-state index contributed by atoms with van der Waals surface area (Å²) in [6, 6.07) is 4.07. The van der Waals surface area contributed by atoms with Crippen LogP contribution >= 0.6 is 0 Å². The van der Waals surface area contributed by atoms with E-state index >= 15 is 4.39 Å². The first-order chi connectivity index (χ1) is 15.5. The molecular formula is C23H27FN8. The smallest absolute Gasteiger partial charge is 0.160 e. The van der Waals surface area contributed by atoms with E-state index in [2.05, 4.69) is 42.4 Å². The number of anilines is 3. The third-order valence-electron chi connectivity index (χ3n) is 6.00. The highest BCUT2D eigenvalue weighted by Crippen LogP contribution is 2.31. The van der Waals surface area contributed by atoms with Gasteiger partial charge in [0.2, 0.25) is 0 Å². The number of fused-ring (bicyclic) bond motifs is 2. The Morgan fingerprint density at radius 2 is 1.91 bits per heavy atom. The Morgan fingerprint density at radius 3 is 2.69 bits per heavy atom. The van der Waals surface area contributed by atoms with Gasteiger partial charge in [-0.3, -0.25) is 4.98 Å². The van der Waals surface area contributed by atoms with Crippen molar-refractivity contribution in [2.45, 2.75) is 39.7 Å². The lowest BCUT2D eigenvalue weighted by atomic mass is 10.0. The van der Waals surface area contributed by atoms with E-state index in [9.17, 15) is 0 Å². The molecule has 0 radical (unpaired) electrons. The molecule has 0 unspecified atom stereocenters. The molecule has 5 rings (SSSR count). The molecule has 1 fully saturated rings. The van der Waals surface area contributed by atoms with Crippen molar-refractivity contribution in [3.8, 4) is 0 Å². The van der Waals surface area contributed by atoms with Gasteiger partial charge in [-0.1, -0.05) is 6.92 Å². The summed E-state index contributed by atoms with van der Waals surface area (Å²) >= 11 is 0. The molecule has 4 heterocycles. The van der Waals surface area contributed by atoms with Crippen LogP contribution in [0.25, 0.3) is 16.6 Å². The Balaban J connectivity index is 1.45. The Kier molecular flexibility index (Phi) is 5.34. The summed E-state index contributed by atoms with van der Waals surface area (Å²) in [7, 11) is 0. The predicted octanol–water partition coefficient (Wildman–Crippen LogP) is 3.75. The van der Waals surface area contributed by atoms with Gasteiger partial charge in [-0.2, -0.15) is 0 Å². The van der Waals surface area contributed by atoms with Gasteiger partial charge in [-0.25, -0.2) is 19.3 Å². The van der Waals surface area contributed by atoms with Crippen LogP contribution in [0.5, 0.6) is 0 Å². The third-order valence-corrected chi connectivity index (χ3v) is 6.00. The van der Waals surface area contributed by atoms with Gasteiger partial charge in [-0.15, -0.1) is 0 Å². The maximum absolute atomic E-state index is 15.3. The fourth-order valence-electron chi connectivity index (χ4n) is 4.52. The van der Waals surface area contributed by atoms with Crippen molar-refractivity contribution in [1.29, 1.82) is 0 Å². The van der Waals surface area contributed by atoms with E-state index in [0.717, 1.165) is 55.2 Å². The van der Waals surface area contributed by atoms with Gasteiger partial charge >= 0.3 is 0 Å². The fourth-order valence-corrected chi connectivity index (χ4v) is 4.52. The standard InChI is InChI=1S/C23H27FN8/c1-4-25-16-5-7-31(8-6-16)17-9-18(24)21-19(10-17)26-13-27-22(21)29-20-12-32-11-14(2)28-15(3)23(32)30-20/h9-13,16,25H,4-8H2,1-3H3,(H,26,27,29). The largest absolute Gasteiger partial charge is 0.371 e. The molecule has 32 heavy (non-hydrogen) atoms. The highest BCUT2D eigenvalue weighted by molar-refractivity contribution is 5.93. The van der Waals surface area contributed by atoms with Crippen molar-refractivity contribution < 1.29 is 4.39 Å². The van der Waals surface area contributed by atoms with Crippen molar-refractivity contribution in [1.82, 2.24) is 29.7 Å². The van der Waals surface area contributed by atoms with Crippen LogP contribution in [0.4, 0.5) is 21.7 Å². The summed E-state index contributed by atoms with van der Waals surface area (Å²) in [6.45, 7) is 8.75. The summed E-state index contributed by atoms with van der Waals surface area (Å²) in [4.78, 5) is 19.9. The second-order valence-electron chi connectivity index (χ2n) is 8.31. The van der Waals surface area contributed by atoms with Gasteiger partial charge in [0.05, 0.1) is 28.5 Å². The quantitative estimate of drug-likeness (QED) is 0.495. The fraction of sp³-hybridized carbons (Fsp3) is 0.391. The molecule has 9 heteroatoms. The second kappa shape index (κ2) is 8.31. The van der Waals surface area contributed by atoms with Crippen LogP contribution in [-0.4, -0.2) is 50.0 Å². The summed E-state index contributed by atoms with van der Waals surface area (Å²) in [5, 5.41) is 7.04. The SMILES string of the molecule is CCNC1CCN(c2cc(F)c3c(Nc4cn5cc(C)nc(C)c5n4)ncnc3c2)CC1. The van der Waals surface area contributed by atoms with Gasteiger partial charge in [0.25, 0.3) is 0 Å². The molecular weight excluding hydrogens is 407 g/mol. The minimum Gasteiger partial charge on any atom is -0.371 e. The van der Waals surface area contributed by atoms with E-state index < -0.39 is 0 Å². The number of benzene rings is 1. The number of rotatable bonds is 5. The van der Waals surface area contributed by atoms with E-state index in [4.69, 9.17) is 0 Å². The van der Waals surface area contributed by atoms with Gasteiger partial charge < -0.3 is 19.9 Å². The van der Waals surface area contributed by atoms with E-state index in [-0.39, 0.29) is 5.82 Å². The van der Waals surface area contributed by atoms with Crippen LogP contribution < -0.4 is 15.5 Å². The molecule has 1 saturated heterocycles. The molecule has 0 bridgehead atoms. The first-order valence-corrected chi connectivity index (χ1v) is 11.0. The van der Waals surface area contributed by atoms with Crippen LogP contribution in [0, 0.1) is 19.7 Å². The maximum Gasteiger partial charge on any atom is 0.160 e. The number of nitrogens with zero attached hydrogens (tertiary/aromatic N) is 6. The zero-order valence-electron chi connectivity index (χ0n) is 18.6. The molecule has 0 atom stereocenters. The molecule has 2 N–H and O–H groups in total. The van der Waals surface area contributed by atoms with Gasteiger partial charge in [-0.05, 0) is 45.4 Å². The van der Waals surface area contributed by atoms with Crippen molar-refractivity contribution in [2.75, 3.05) is 29.9 Å². The zero-order chi connectivity index (χ0) is 22.2. The number of aromatic nitrogens is 5. The number of halogens is 1. The average Bonchev–Trinajstić information content (AvgIpc) is 3.17. The molecule has 1 aliphatic heterocycles. The van der Waals surface area contributed by atoms with E-state index in [1.54, 1.807) is 6.07 Å². The molecule has 0 spiro atoms. The van der Waals surface area contributed by atoms with Crippen LogP contribution in [0.15, 0.2) is 30.9 Å². The third kappa shape index (κ3) is 3.84. The average molecular weight is 435 g/mol. The van der Waals surface area contributed by atoms with E-state index in [0.29, 0.717) is 28.6 Å². The highest BCUT2D eigenvalue weighted by Gasteiger charge is 2.21. The Bertz CT molecular complexity index is 1280. The molecule has 3 aromatic heterocycles. The highest BCUT2D eigenvalue weighted by atomic mass is 19.1. The van der Waals surface area contributed by atoms with Crippen molar-refractivity contribution in [2.24, 2.45) is 0 Å². The lowest BCUT2D eigenvalue weighted by molar-refractivity contribution is 0.424. The minimum absolute atomic E-state index is 0.341. The molecule has 8 nitrogen and oxygen atoms in total. The summed E-state index contributed by atoms with van der Waals surface area (Å²) < 4.78 is 17.2.